The molecule has 0 spiro atoms. The predicted octanol–water partition coefficient (Wildman–Crippen LogP) is 2.84. The van der Waals surface area contributed by atoms with Crippen LogP contribution in [0.2, 0.25) is 0 Å². The van der Waals surface area contributed by atoms with Gasteiger partial charge >= 0.3 is 0 Å². The smallest absolute Gasteiger partial charge is 0.260 e. The van der Waals surface area contributed by atoms with Gasteiger partial charge in [0.15, 0.2) is 5.65 Å². The number of benzene rings is 2. The number of H-pyrrole nitrogens is 1. The van der Waals surface area contributed by atoms with Gasteiger partial charge < -0.3 is 15.3 Å². The van der Waals surface area contributed by atoms with Crippen LogP contribution in [0, 0.1) is 0 Å². The first kappa shape index (κ1) is 14.4. The Morgan fingerprint density at radius 3 is 2.50 bits per heavy atom. The van der Waals surface area contributed by atoms with Crippen LogP contribution in [0.4, 0.5) is 0 Å². The third-order valence-corrected chi connectivity index (χ3v) is 4.12. The zero-order chi connectivity index (χ0) is 16.5. The highest BCUT2D eigenvalue weighted by Crippen LogP contribution is 2.29. The molecule has 0 unspecified atom stereocenters. The number of aromatic amines is 1. The molecule has 0 saturated carbocycles. The molecular weight excluding hydrogens is 300 g/mol. The second-order valence-electron chi connectivity index (χ2n) is 5.58. The molecule has 3 N–H and O–H groups in total. The quantitative estimate of drug-likeness (QED) is 0.610. The van der Waals surface area contributed by atoms with Crippen LogP contribution in [0.5, 0.6) is 0 Å². The molecule has 4 aromatic rings. The normalized spacial score (nSPS) is 11.0. The Kier molecular flexibility index (Phi) is 3.48. The van der Waals surface area contributed by atoms with Crippen LogP contribution in [-0.2, 0) is 6.54 Å². The standard InChI is InChI=1S/C19H16N4O/c20-10-13-6-8-14(9-7-13)16-11-23(15-4-2-1-3-5-15)18-17(16)19(24)22-12-21-18/h1-9,11-12H,10,20H2,(H,21,22,24). The second-order valence-corrected chi connectivity index (χ2v) is 5.58. The van der Waals surface area contributed by atoms with Gasteiger partial charge in [0, 0.05) is 24.0 Å². The molecule has 2 aromatic heterocycles. The molecule has 0 atom stereocenters. The summed E-state index contributed by atoms with van der Waals surface area (Å²) in [7, 11) is 0. The van der Waals surface area contributed by atoms with Crippen LogP contribution >= 0.6 is 0 Å². The maximum Gasteiger partial charge on any atom is 0.260 e. The molecule has 0 aliphatic carbocycles. The minimum Gasteiger partial charge on any atom is -0.326 e. The van der Waals surface area contributed by atoms with Crippen molar-refractivity contribution in [1.29, 1.82) is 0 Å². The summed E-state index contributed by atoms with van der Waals surface area (Å²) in [4.78, 5) is 19.5. The number of nitrogens with zero attached hydrogens (tertiary/aromatic N) is 2. The van der Waals surface area contributed by atoms with Crippen molar-refractivity contribution in [2.45, 2.75) is 6.54 Å². The van der Waals surface area contributed by atoms with Gasteiger partial charge in [-0.25, -0.2) is 4.98 Å². The summed E-state index contributed by atoms with van der Waals surface area (Å²) in [6, 6.07) is 17.8. The van der Waals surface area contributed by atoms with Gasteiger partial charge in [0.2, 0.25) is 0 Å². The van der Waals surface area contributed by atoms with E-state index in [0.29, 0.717) is 17.6 Å². The Morgan fingerprint density at radius 1 is 1.04 bits per heavy atom. The van der Waals surface area contributed by atoms with Gasteiger partial charge in [0.05, 0.1) is 11.7 Å². The highest BCUT2D eigenvalue weighted by Gasteiger charge is 2.15. The van der Waals surface area contributed by atoms with Crippen LogP contribution in [0.3, 0.4) is 0 Å². The molecule has 0 aliphatic rings. The molecule has 5 heteroatoms. The molecule has 2 heterocycles. The van der Waals surface area contributed by atoms with E-state index in [1.807, 2.05) is 65.4 Å². The summed E-state index contributed by atoms with van der Waals surface area (Å²) in [5.41, 5.74) is 9.99. The lowest BCUT2D eigenvalue weighted by Gasteiger charge is -2.03. The van der Waals surface area contributed by atoms with Crippen molar-refractivity contribution in [1.82, 2.24) is 14.5 Å². The average Bonchev–Trinajstić information content (AvgIpc) is 3.04. The van der Waals surface area contributed by atoms with E-state index in [-0.39, 0.29) is 5.56 Å². The number of para-hydroxylation sites is 1. The van der Waals surface area contributed by atoms with Gasteiger partial charge in [-0.3, -0.25) is 4.79 Å². The van der Waals surface area contributed by atoms with E-state index in [1.165, 1.54) is 6.33 Å². The molecule has 2 aromatic carbocycles. The highest BCUT2D eigenvalue weighted by atomic mass is 16.1. The minimum atomic E-state index is -0.146. The summed E-state index contributed by atoms with van der Waals surface area (Å²) >= 11 is 0. The molecule has 0 fully saturated rings. The van der Waals surface area contributed by atoms with Crippen molar-refractivity contribution >= 4 is 11.0 Å². The van der Waals surface area contributed by atoms with Gasteiger partial charge in [-0.15, -0.1) is 0 Å². The number of aromatic nitrogens is 3. The maximum absolute atomic E-state index is 12.4. The van der Waals surface area contributed by atoms with Crippen LogP contribution < -0.4 is 11.3 Å². The third-order valence-electron chi connectivity index (χ3n) is 4.12. The van der Waals surface area contributed by atoms with Gasteiger partial charge in [-0.2, -0.15) is 0 Å². The fourth-order valence-corrected chi connectivity index (χ4v) is 2.90. The Bertz CT molecular complexity index is 1050. The first-order valence-corrected chi connectivity index (χ1v) is 7.71. The lowest BCUT2D eigenvalue weighted by molar-refractivity contribution is 1.07. The molecule has 0 amide bonds. The summed E-state index contributed by atoms with van der Waals surface area (Å²) in [5, 5.41) is 0.585. The molecule has 5 nitrogen and oxygen atoms in total. The zero-order valence-corrected chi connectivity index (χ0v) is 12.9. The molecular formula is C19H16N4O. The van der Waals surface area contributed by atoms with E-state index < -0.39 is 0 Å². The van der Waals surface area contributed by atoms with E-state index >= 15 is 0 Å². The third kappa shape index (κ3) is 2.31. The predicted molar refractivity (Wildman–Crippen MR) is 95.0 cm³/mol. The van der Waals surface area contributed by atoms with Crippen molar-refractivity contribution in [2.24, 2.45) is 5.73 Å². The first-order valence-electron chi connectivity index (χ1n) is 7.71. The van der Waals surface area contributed by atoms with E-state index in [4.69, 9.17) is 5.73 Å². The highest BCUT2D eigenvalue weighted by molar-refractivity contribution is 5.94. The molecule has 24 heavy (non-hydrogen) atoms. The van der Waals surface area contributed by atoms with Gasteiger partial charge in [-0.1, -0.05) is 42.5 Å². The van der Waals surface area contributed by atoms with Crippen molar-refractivity contribution in [3.05, 3.63) is 83.0 Å². The van der Waals surface area contributed by atoms with E-state index in [9.17, 15) is 4.79 Å². The number of hydrogen-bond acceptors (Lipinski definition) is 3. The SMILES string of the molecule is NCc1ccc(-c2cn(-c3ccccc3)c3nc[nH]c(=O)c23)cc1. The maximum atomic E-state index is 12.4. The topological polar surface area (TPSA) is 76.7 Å². The van der Waals surface area contributed by atoms with Crippen LogP contribution in [-0.4, -0.2) is 14.5 Å². The van der Waals surface area contributed by atoms with E-state index in [2.05, 4.69) is 9.97 Å². The second kappa shape index (κ2) is 5.79. The molecule has 4 rings (SSSR count). The van der Waals surface area contributed by atoms with Crippen molar-refractivity contribution in [2.75, 3.05) is 0 Å². The number of nitrogens with two attached hydrogens (primary N) is 1. The first-order chi connectivity index (χ1) is 11.8. The Labute approximate surface area is 138 Å². The fourth-order valence-electron chi connectivity index (χ4n) is 2.90. The van der Waals surface area contributed by atoms with Crippen LogP contribution in [0.15, 0.2) is 71.9 Å². The van der Waals surface area contributed by atoms with Crippen molar-refractivity contribution in [3.63, 3.8) is 0 Å². The zero-order valence-electron chi connectivity index (χ0n) is 12.9. The van der Waals surface area contributed by atoms with Gasteiger partial charge in [0.25, 0.3) is 5.56 Å². The number of fused-ring (bicyclic) bond motifs is 1. The van der Waals surface area contributed by atoms with E-state index in [0.717, 1.165) is 22.4 Å². The van der Waals surface area contributed by atoms with Gasteiger partial charge in [0.1, 0.15) is 0 Å². The molecule has 0 bridgehead atoms. The summed E-state index contributed by atoms with van der Waals surface area (Å²) in [5.74, 6) is 0. The molecule has 0 aliphatic heterocycles. The van der Waals surface area contributed by atoms with Crippen molar-refractivity contribution in [3.8, 4) is 16.8 Å². The van der Waals surface area contributed by atoms with Crippen LogP contribution in [0.25, 0.3) is 27.8 Å². The lowest BCUT2D eigenvalue weighted by atomic mass is 10.0. The number of hydrogen-bond donors (Lipinski definition) is 2. The summed E-state index contributed by atoms with van der Waals surface area (Å²) in [6.45, 7) is 0.494. The Balaban J connectivity index is 2.00. The molecule has 0 radical (unpaired) electrons. The van der Waals surface area contributed by atoms with Crippen LogP contribution in [0.1, 0.15) is 5.56 Å². The Hall–Kier alpha value is -3.18. The molecule has 0 saturated heterocycles. The number of nitrogens with one attached hydrogen (secondary N) is 1. The van der Waals surface area contributed by atoms with Crippen molar-refractivity contribution < 1.29 is 0 Å². The number of rotatable bonds is 3. The minimum absolute atomic E-state index is 0.146. The monoisotopic (exact) mass is 316 g/mol. The van der Waals surface area contributed by atoms with E-state index in [1.54, 1.807) is 0 Å². The summed E-state index contributed by atoms with van der Waals surface area (Å²) in [6.07, 6.45) is 3.39. The lowest BCUT2D eigenvalue weighted by Crippen LogP contribution is -2.07. The summed E-state index contributed by atoms with van der Waals surface area (Å²) < 4.78 is 1.94. The average molecular weight is 316 g/mol. The largest absolute Gasteiger partial charge is 0.326 e. The Morgan fingerprint density at radius 2 is 1.79 bits per heavy atom. The molecule has 118 valence electrons. The fraction of sp³-hybridized carbons (Fsp3) is 0.0526. The van der Waals surface area contributed by atoms with Gasteiger partial charge in [-0.05, 0) is 23.3 Å².